The van der Waals surface area contributed by atoms with Gasteiger partial charge in [-0.05, 0) is 0 Å². The smallest absolute Gasteiger partial charge is 0.311 e. The summed E-state index contributed by atoms with van der Waals surface area (Å²) in [5.41, 5.74) is 7.32. The van der Waals surface area contributed by atoms with Crippen LogP contribution in [0.15, 0.2) is 0 Å². The van der Waals surface area contributed by atoms with Crippen LogP contribution in [0, 0.1) is 0 Å². The SMILES string of the molecule is Nc1nc(CC(=O)O)nc2c1CCOC2. The van der Waals surface area contributed by atoms with Crippen molar-refractivity contribution in [3.63, 3.8) is 0 Å². The monoisotopic (exact) mass is 209 g/mol. The van der Waals surface area contributed by atoms with Crippen LogP contribution in [0.2, 0.25) is 0 Å². The number of nitrogens with two attached hydrogens (primary N) is 1. The first kappa shape index (κ1) is 9.85. The van der Waals surface area contributed by atoms with Gasteiger partial charge in [0.05, 0.1) is 18.9 Å². The first-order chi connectivity index (χ1) is 7.16. The van der Waals surface area contributed by atoms with Gasteiger partial charge in [-0.15, -0.1) is 0 Å². The average Bonchev–Trinajstić information content (AvgIpc) is 2.16. The molecule has 1 aliphatic rings. The van der Waals surface area contributed by atoms with E-state index in [-0.39, 0.29) is 12.2 Å². The minimum atomic E-state index is -0.967. The molecule has 0 radical (unpaired) electrons. The van der Waals surface area contributed by atoms with Gasteiger partial charge in [-0.1, -0.05) is 0 Å². The van der Waals surface area contributed by atoms with Crippen LogP contribution in [0.5, 0.6) is 0 Å². The van der Waals surface area contributed by atoms with Crippen molar-refractivity contribution in [1.29, 1.82) is 0 Å². The summed E-state index contributed by atoms with van der Waals surface area (Å²) in [6.45, 7) is 0.994. The van der Waals surface area contributed by atoms with Crippen LogP contribution in [0.25, 0.3) is 0 Å². The molecule has 15 heavy (non-hydrogen) atoms. The number of hydrogen-bond donors (Lipinski definition) is 2. The third kappa shape index (κ3) is 2.04. The zero-order valence-electron chi connectivity index (χ0n) is 8.06. The van der Waals surface area contributed by atoms with E-state index in [2.05, 4.69) is 9.97 Å². The normalized spacial score (nSPS) is 14.7. The topological polar surface area (TPSA) is 98.3 Å². The fourth-order valence-corrected chi connectivity index (χ4v) is 1.55. The van der Waals surface area contributed by atoms with Crippen LogP contribution in [-0.4, -0.2) is 27.7 Å². The Morgan fingerprint density at radius 1 is 1.53 bits per heavy atom. The summed E-state index contributed by atoms with van der Waals surface area (Å²) in [7, 11) is 0. The number of nitrogens with zero attached hydrogens (tertiary/aromatic N) is 2. The van der Waals surface area contributed by atoms with Gasteiger partial charge in [0.2, 0.25) is 0 Å². The van der Waals surface area contributed by atoms with Crippen molar-refractivity contribution in [2.45, 2.75) is 19.4 Å². The quantitative estimate of drug-likeness (QED) is 0.697. The number of rotatable bonds is 2. The Labute approximate surface area is 86.1 Å². The minimum Gasteiger partial charge on any atom is -0.481 e. The molecule has 2 heterocycles. The Bertz CT molecular complexity index is 406. The van der Waals surface area contributed by atoms with Gasteiger partial charge in [0.15, 0.2) is 0 Å². The van der Waals surface area contributed by atoms with Gasteiger partial charge in [0.1, 0.15) is 18.1 Å². The van der Waals surface area contributed by atoms with Crippen LogP contribution >= 0.6 is 0 Å². The summed E-state index contributed by atoms with van der Waals surface area (Å²) in [5.74, 6) is -0.352. The third-order valence-corrected chi connectivity index (χ3v) is 2.22. The largest absolute Gasteiger partial charge is 0.481 e. The number of nitrogen functional groups attached to an aromatic ring is 1. The highest BCUT2D eigenvalue weighted by Crippen LogP contribution is 2.19. The predicted octanol–water partition coefficient (Wildman–Crippen LogP) is -0.241. The number of carboxylic acid groups (broad SMARTS) is 1. The van der Waals surface area contributed by atoms with Gasteiger partial charge in [0, 0.05) is 12.0 Å². The van der Waals surface area contributed by atoms with Crippen molar-refractivity contribution < 1.29 is 14.6 Å². The Balaban J connectivity index is 2.36. The van der Waals surface area contributed by atoms with Gasteiger partial charge in [-0.3, -0.25) is 4.79 Å². The average molecular weight is 209 g/mol. The van der Waals surface area contributed by atoms with Crippen LogP contribution in [-0.2, 0) is 29.0 Å². The molecule has 80 valence electrons. The van der Waals surface area contributed by atoms with Crippen LogP contribution in [0.1, 0.15) is 17.1 Å². The molecule has 0 saturated carbocycles. The number of carbonyl (C=O) groups is 1. The number of hydrogen-bond acceptors (Lipinski definition) is 5. The number of ether oxygens (including phenoxy) is 1. The van der Waals surface area contributed by atoms with Gasteiger partial charge >= 0.3 is 5.97 Å². The molecule has 0 amide bonds. The van der Waals surface area contributed by atoms with Gasteiger partial charge in [-0.25, -0.2) is 9.97 Å². The lowest BCUT2D eigenvalue weighted by Gasteiger charge is -2.17. The van der Waals surface area contributed by atoms with Crippen molar-refractivity contribution in [1.82, 2.24) is 9.97 Å². The lowest BCUT2D eigenvalue weighted by atomic mass is 10.1. The molecule has 6 heteroatoms. The van der Waals surface area contributed by atoms with Crippen molar-refractivity contribution in [3.8, 4) is 0 Å². The molecule has 1 aromatic heterocycles. The Kier molecular flexibility index (Phi) is 2.51. The molecule has 0 bridgehead atoms. The summed E-state index contributed by atoms with van der Waals surface area (Å²) < 4.78 is 5.22. The summed E-state index contributed by atoms with van der Waals surface area (Å²) in [6, 6.07) is 0. The minimum absolute atomic E-state index is 0.211. The number of anilines is 1. The van der Waals surface area contributed by atoms with E-state index in [1.54, 1.807) is 0 Å². The van der Waals surface area contributed by atoms with E-state index < -0.39 is 5.97 Å². The summed E-state index contributed by atoms with van der Waals surface area (Å²) in [6.07, 6.45) is 0.478. The van der Waals surface area contributed by atoms with Gasteiger partial charge in [0.25, 0.3) is 0 Å². The van der Waals surface area contributed by atoms with E-state index in [1.807, 2.05) is 0 Å². The fourth-order valence-electron chi connectivity index (χ4n) is 1.55. The Hall–Kier alpha value is -1.69. The molecular weight excluding hydrogens is 198 g/mol. The predicted molar refractivity (Wildman–Crippen MR) is 51.1 cm³/mol. The van der Waals surface area contributed by atoms with E-state index in [0.29, 0.717) is 31.1 Å². The molecule has 0 aliphatic carbocycles. The lowest BCUT2D eigenvalue weighted by Crippen LogP contribution is -2.18. The highest BCUT2D eigenvalue weighted by atomic mass is 16.5. The lowest BCUT2D eigenvalue weighted by molar-refractivity contribution is -0.136. The van der Waals surface area contributed by atoms with E-state index in [0.717, 1.165) is 5.56 Å². The summed E-state index contributed by atoms with van der Waals surface area (Å²) in [5, 5.41) is 8.61. The molecule has 0 unspecified atom stereocenters. The molecule has 0 atom stereocenters. The van der Waals surface area contributed by atoms with E-state index in [4.69, 9.17) is 15.6 Å². The van der Waals surface area contributed by atoms with Gasteiger partial charge in [-0.2, -0.15) is 0 Å². The number of aliphatic carboxylic acids is 1. The highest BCUT2D eigenvalue weighted by molar-refractivity contribution is 5.69. The maximum Gasteiger partial charge on any atom is 0.311 e. The van der Waals surface area contributed by atoms with E-state index in [1.165, 1.54) is 0 Å². The Morgan fingerprint density at radius 2 is 2.33 bits per heavy atom. The van der Waals surface area contributed by atoms with E-state index >= 15 is 0 Å². The van der Waals surface area contributed by atoms with Crippen molar-refractivity contribution >= 4 is 11.8 Å². The Morgan fingerprint density at radius 3 is 3.07 bits per heavy atom. The molecule has 0 aromatic carbocycles. The van der Waals surface area contributed by atoms with E-state index in [9.17, 15) is 4.79 Å². The highest BCUT2D eigenvalue weighted by Gasteiger charge is 2.17. The van der Waals surface area contributed by atoms with Crippen molar-refractivity contribution in [2.75, 3.05) is 12.3 Å². The second kappa shape index (κ2) is 3.82. The second-order valence-electron chi connectivity index (χ2n) is 3.32. The standard InChI is InChI=1S/C9H11N3O3/c10-9-5-1-2-15-4-6(5)11-7(12-9)3-8(13)14/h1-4H2,(H,13,14)(H2,10,11,12). The number of carboxylic acids is 1. The van der Waals surface area contributed by atoms with Crippen molar-refractivity contribution in [3.05, 3.63) is 17.1 Å². The molecule has 1 aliphatic heterocycles. The molecule has 0 saturated heterocycles. The van der Waals surface area contributed by atoms with Gasteiger partial charge < -0.3 is 15.6 Å². The maximum absolute atomic E-state index is 10.5. The zero-order chi connectivity index (χ0) is 10.8. The molecule has 3 N–H and O–H groups in total. The first-order valence-electron chi connectivity index (χ1n) is 4.60. The molecular formula is C9H11N3O3. The third-order valence-electron chi connectivity index (χ3n) is 2.22. The number of aromatic nitrogens is 2. The number of fused-ring (bicyclic) bond motifs is 1. The van der Waals surface area contributed by atoms with Crippen LogP contribution in [0.3, 0.4) is 0 Å². The molecule has 1 aromatic rings. The fraction of sp³-hybridized carbons (Fsp3) is 0.444. The first-order valence-corrected chi connectivity index (χ1v) is 4.60. The summed E-state index contributed by atoms with van der Waals surface area (Å²) in [4.78, 5) is 18.6. The second-order valence-corrected chi connectivity index (χ2v) is 3.32. The van der Waals surface area contributed by atoms with Crippen molar-refractivity contribution in [2.24, 2.45) is 0 Å². The molecule has 6 nitrogen and oxygen atoms in total. The summed E-state index contributed by atoms with van der Waals surface area (Å²) >= 11 is 0. The van der Waals surface area contributed by atoms with Crippen LogP contribution < -0.4 is 5.73 Å². The maximum atomic E-state index is 10.5. The molecule has 0 fully saturated rings. The van der Waals surface area contributed by atoms with Crippen LogP contribution in [0.4, 0.5) is 5.82 Å². The zero-order valence-corrected chi connectivity index (χ0v) is 8.06. The molecule has 2 rings (SSSR count). The molecule has 0 spiro atoms.